The minimum atomic E-state index is -0.556. The zero-order valence-electron chi connectivity index (χ0n) is 11.7. The van der Waals surface area contributed by atoms with Crippen molar-refractivity contribution >= 4 is 23.3 Å². The van der Waals surface area contributed by atoms with Crippen molar-refractivity contribution in [1.82, 2.24) is 9.97 Å². The molecular formula is C11H18N6O4. The highest BCUT2D eigenvalue weighted by atomic mass is 16.6. The summed E-state index contributed by atoms with van der Waals surface area (Å²) in [6.07, 6.45) is 0. The molecule has 1 fully saturated rings. The molecule has 1 aromatic heterocycles. The van der Waals surface area contributed by atoms with Gasteiger partial charge in [0.15, 0.2) is 0 Å². The number of hydrogen-bond acceptors (Lipinski definition) is 9. The summed E-state index contributed by atoms with van der Waals surface area (Å²) in [4.78, 5) is 20.6. The Hall–Kier alpha value is -2.20. The van der Waals surface area contributed by atoms with Crippen molar-refractivity contribution in [2.45, 2.75) is 0 Å². The monoisotopic (exact) mass is 298 g/mol. The van der Waals surface area contributed by atoms with Crippen molar-refractivity contribution in [3.8, 4) is 0 Å². The maximum Gasteiger partial charge on any atom is 0.353 e. The summed E-state index contributed by atoms with van der Waals surface area (Å²) < 4.78 is 10.2. The van der Waals surface area contributed by atoms with Gasteiger partial charge in [0.05, 0.1) is 24.7 Å². The number of rotatable bonds is 6. The highest BCUT2D eigenvalue weighted by Gasteiger charge is 2.28. The van der Waals surface area contributed by atoms with Gasteiger partial charge in [0.2, 0.25) is 17.6 Å². The summed E-state index contributed by atoms with van der Waals surface area (Å²) in [5.41, 5.74) is 5.44. The number of hydrogen-bond donors (Lipinski definition) is 2. The standard InChI is InChI=1S/C11H18N6O4/c1-20-5-2-13-11-14-9(12)8(17(18)19)10(15-11)16-3-6-21-7-4-16/h2-7H2,1H3,(H3,12,13,14,15). The van der Waals surface area contributed by atoms with E-state index in [0.717, 1.165) is 0 Å². The van der Waals surface area contributed by atoms with Crippen molar-refractivity contribution in [3.63, 3.8) is 0 Å². The molecule has 21 heavy (non-hydrogen) atoms. The van der Waals surface area contributed by atoms with Gasteiger partial charge in [0.1, 0.15) is 0 Å². The summed E-state index contributed by atoms with van der Waals surface area (Å²) in [6.45, 7) is 2.98. The van der Waals surface area contributed by atoms with E-state index in [9.17, 15) is 10.1 Å². The number of morpholine rings is 1. The Morgan fingerprint density at radius 1 is 1.48 bits per heavy atom. The van der Waals surface area contributed by atoms with Gasteiger partial charge in [-0.15, -0.1) is 0 Å². The van der Waals surface area contributed by atoms with E-state index in [2.05, 4.69) is 15.3 Å². The molecule has 0 unspecified atom stereocenters. The van der Waals surface area contributed by atoms with Crippen LogP contribution in [0.25, 0.3) is 0 Å². The molecule has 2 heterocycles. The van der Waals surface area contributed by atoms with Crippen LogP contribution in [0.1, 0.15) is 0 Å². The summed E-state index contributed by atoms with van der Waals surface area (Å²) in [5.74, 6) is 0.309. The van der Waals surface area contributed by atoms with E-state index in [1.807, 2.05) is 0 Å². The quantitative estimate of drug-likeness (QED) is 0.419. The Labute approximate surface area is 121 Å². The zero-order chi connectivity index (χ0) is 15.2. The maximum atomic E-state index is 11.2. The first kappa shape index (κ1) is 15.2. The number of anilines is 3. The van der Waals surface area contributed by atoms with E-state index in [4.69, 9.17) is 15.2 Å². The van der Waals surface area contributed by atoms with Crippen molar-refractivity contribution in [1.29, 1.82) is 0 Å². The molecule has 1 aliphatic heterocycles. The fourth-order valence-corrected chi connectivity index (χ4v) is 1.97. The lowest BCUT2D eigenvalue weighted by Crippen LogP contribution is -2.37. The van der Waals surface area contributed by atoms with Gasteiger partial charge in [-0.2, -0.15) is 9.97 Å². The van der Waals surface area contributed by atoms with E-state index in [1.54, 1.807) is 12.0 Å². The van der Waals surface area contributed by atoms with Gasteiger partial charge in [0, 0.05) is 26.7 Å². The molecule has 1 saturated heterocycles. The van der Waals surface area contributed by atoms with Gasteiger partial charge in [-0.25, -0.2) is 0 Å². The molecular weight excluding hydrogens is 280 g/mol. The first-order valence-corrected chi connectivity index (χ1v) is 6.51. The van der Waals surface area contributed by atoms with Gasteiger partial charge >= 0.3 is 5.69 Å². The number of nitrogen functional groups attached to an aromatic ring is 1. The molecule has 1 aromatic rings. The first-order chi connectivity index (χ1) is 10.1. The topological polar surface area (TPSA) is 129 Å². The molecule has 0 aromatic carbocycles. The first-order valence-electron chi connectivity index (χ1n) is 6.51. The van der Waals surface area contributed by atoms with Crippen LogP contribution in [-0.4, -0.2) is 61.5 Å². The van der Waals surface area contributed by atoms with Crippen LogP contribution in [-0.2, 0) is 9.47 Å². The predicted octanol–water partition coefficient (Wildman–Crippen LogP) is -0.138. The Morgan fingerprint density at radius 2 is 2.19 bits per heavy atom. The minimum absolute atomic E-state index is 0.156. The molecule has 1 aliphatic rings. The van der Waals surface area contributed by atoms with Crippen LogP contribution in [0.15, 0.2) is 0 Å². The van der Waals surface area contributed by atoms with Crippen molar-refractivity contribution < 1.29 is 14.4 Å². The van der Waals surface area contributed by atoms with Crippen LogP contribution in [0.5, 0.6) is 0 Å². The predicted molar refractivity (Wildman–Crippen MR) is 76.5 cm³/mol. The third-order valence-electron chi connectivity index (χ3n) is 2.98. The van der Waals surface area contributed by atoms with Crippen LogP contribution in [0.4, 0.5) is 23.3 Å². The van der Waals surface area contributed by atoms with Crippen LogP contribution in [0.3, 0.4) is 0 Å². The molecule has 3 N–H and O–H groups in total. The van der Waals surface area contributed by atoms with Gasteiger partial charge in [-0.1, -0.05) is 0 Å². The molecule has 2 rings (SSSR count). The van der Waals surface area contributed by atoms with E-state index >= 15 is 0 Å². The van der Waals surface area contributed by atoms with Gasteiger partial charge < -0.3 is 25.4 Å². The number of nitro groups is 1. The average molecular weight is 298 g/mol. The lowest BCUT2D eigenvalue weighted by molar-refractivity contribution is -0.383. The van der Waals surface area contributed by atoms with E-state index in [-0.39, 0.29) is 23.3 Å². The smallest absolute Gasteiger partial charge is 0.353 e. The Morgan fingerprint density at radius 3 is 2.81 bits per heavy atom. The Bertz CT molecular complexity index is 506. The summed E-state index contributed by atoms with van der Waals surface area (Å²) >= 11 is 0. The second-order valence-electron chi connectivity index (χ2n) is 4.38. The number of nitrogens with zero attached hydrogens (tertiary/aromatic N) is 4. The van der Waals surface area contributed by atoms with Crippen LogP contribution in [0.2, 0.25) is 0 Å². The van der Waals surface area contributed by atoms with Crippen LogP contribution < -0.4 is 16.0 Å². The molecule has 0 saturated carbocycles. The Balaban J connectivity index is 2.30. The number of nitrogens with two attached hydrogens (primary N) is 1. The second-order valence-corrected chi connectivity index (χ2v) is 4.38. The van der Waals surface area contributed by atoms with Crippen molar-refractivity contribution in [2.24, 2.45) is 0 Å². The second kappa shape index (κ2) is 6.99. The third-order valence-corrected chi connectivity index (χ3v) is 2.98. The highest BCUT2D eigenvalue weighted by molar-refractivity contribution is 5.71. The SMILES string of the molecule is COCCNc1nc(N)c([N+](=O)[O-])c(N2CCOCC2)n1. The van der Waals surface area contributed by atoms with Crippen molar-refractivity contribution in [3.05, 3.63) is 10.1 Å². The van der Waals surface area contributed by atoms with Gasteiger partial charge in [0.25, 0.3) is 0 Å². The fourth-order valence-electron chi connectivity index (χ4n) is 1.97. The largest absolute Gasteiger partial charge is 0.383 e. The third kappa shape index (κ3) is 3.67. The zero-order valence-corrected chi connectivity index (χ0v) is 11.7. The lowest BCUT2D eigenvalue weighted by atomic mass is 10.3. The molecule has 10 heteroatoms. The fraction of sp³-hybridized carbons (Fsp3) is 0.636. The van der Waals surface area contributed by atoms with Crippen LogP contribution >= 0.6 is 0 Å². The van der Waals surface area contributed by atoms with Gasteiger partial charge in [-0.05, 0) is 0 Å². The summed E-state index contributed by atoms with van der Waals surface area (Å²) in [7, 11) is 1.58. The number of nitrogens with one attached hydrogen (secondary N) is 1. The molecule has 0 amide bonds. The Kier molecular flexibility index (Phi) is 5.06. The normalized spacial score (nSPS) is 15.0. The lowest BCUT2D eigenvalue weighted by Gasteiger charge is -2.27. The van der Waals surface area contributed by atoms with Crippen LogP contribution in [0, 0.1) is 10.1 Å². The average Bonchev–Trinajstić information content (AvgIpc) is 2.47. The molecule has 0 spiro atoms. The van der Waals surface area contributed by atoms with E-state index in [1.165, 1.54) is 0 Å². The van der Waals surface area contributed by atoms with E-state index < -0.39 is 4.92 Å². The van der Waals surface area contributed by atoms with Crippen molar-refractivity contribution in [2.75, 3.05) is 62.5 Å². The molecule has 0 atom stereocenters. The molecule has 0 radical (unpaired) electrons. The summed E-state index contributed by atoms with van der Waals surface area (Å²) in [6, 6.07) is 0. The number of methoxy groups -OCH3 is 1. The molecule has 10 nitrogen and oxygen atoms in total. The molecule has 0 aliphatic carbocycles. The molecule has 0 bridgehead atoms. The van der Waals surface area contributed by atoms with E-state index in [0.29, 0.717) is 39.5 Å². The van der Waals surface area contributed by atoms with Gasteiger partial charge in [-0.3, -0.25) is 10.1 Å². The number of aromatic nitrogens is 2. The number of ether oxygens (including phenoxy) is 2. The minimum Gasteiger partial charge on any atom is -0.383 e. The summed E-state index contributed by atoms with van der Waals surface area (Å²) in [5, 5.41) is 14.1. The molecule has 116 valence electrons. The maximum absolute atomic E-state index is 11.2. The highest BCUT2D eigenvalue weighted by Crippen LogP contribution is 2.32.